The van der Waals surface area contributed by atoms with Gasteiger partial charge in [-0.05, 0) is 56.6 Å². The van der Waals surface area contributed by atoms with Crippen LogP contribution in [0, 0.1) is 0 Å². The number of rotatable bonds is 6. The molecule has 0 fully saturated rings. The van der Waals surface area contributed by atoms with Crippen LogP contribution < -0.4 is 15.9 Å². The molecule has 0 N–H and O–H groups in total. The van der Waals surface area contributed by atoms with Gasteiger partial charge in [0.2, 0.25) is 0 Å². The quantitative estimate of drug-likeness (QED) is 0.241. The number of allylic oxidation sites excluding steroid dienone is 2. The number of esters is 1. The fourth-order valence-corrected chi connectivity index (χ4v) is 8.00. The minimum absolute atomic E-state index is 0.175. The van der Waals surface area contributed by atoms with Crippen molar-refractivity contribution >= 4 is 39.8 Å². The maximum absolute atomic E-state index is 13.8. The maximum Gasteiger partial charge on any atom is 0.343 e. The van der Waals surface area contributed by atoms with Crippen LogP contribution in [0.4, 0.5) is 0 Å². The van der Waals surface area contributed by atoms with Gasteiger partial charge in [-0.1, -0.05) is 97.1 Å². The number of carbonyl (C=O) groups excluding carboxylic acids is 2. The van der Waals surface area contributed by atoms with Crippen molar-refractivity contribution in [3.63, 3.8) is 0 Å². The van der Waals surface area contributed by atoms with Crippen LogP contribution in [-0.4, -0.2) is 22.6 Å². The van der Waals surface area contributed by atoms with Crippen LogP contribution in [-0.2, 0) is 14.3 Å². The van der Waals surface area contributed by atoms with E-state index in [9.17, 15) is 9.59 Å². The van der Waals surface area contributed by atoms with Crippen molar-refractivity contribution in [1.29, 1.82) is 0 Å². The Bertz CT molecular complexity index is 1050. The molecule has 0 heterocycles. The lowest BCUT2D eigenvalue weighted by Gasteiger charge is -2.32. The Labute approximate surface area is 190 Å². The molecule has 4 heteroatoms. The smallest absolute Gasteiger partial charge is 0.343 e. The van der Waals surface area contributed by atoms with Gasteiger partial charge in [0.25, 0.3) is 0 Å². The van der Waals surface area contributed by atoms with Crippen molar-refractivity contribution < 1.29 is 14.3 Å². The van der Waals surface area contributed by atoms with Crippen LogP contribution >= 0.6 is 6.89 Å². The summed E-state index contributed by atoms with van der Waals surface area (Å²) < 4.78 is 5.83. The van der Waals surface area contributed by atoms with Crippen molar-refractivity contribution in [2.45, 2.75) is 33.3 Å². The molecule has 0 aliphatic heterocycles. The van der Waals surface area contributed by atoms with E-state index in [1.807, 2.05) is 112 Å². The molecule has 0 atom stereocenters. The van der Waals surface area contributed by atoms with Gasteiger partial charge in [-0.3, -0.25) is 4.79 Å². The summed E-state index contributed by atoms with van der Waals surface area (Å²) in [6, 6.07) is 29.5. The summed E-state index contributed by atoms with van der Waals surface area (Å²) in [6.07, 6.45) is 3.13. The fourth-order valence-electron chi connectivity index (χ4n) is 3.75. The average Bonchev–Trinajstić information content (AvgIpc) is 2.78. The Kier molecular flexibility index (Phi) is 7.33. The third-order valence-electron chi connectivity index (χ3n) is 4.91. The first kappa shape index (κ1) is 23.5. The first-order chi connectivity index (χ1) is 15.3. The van der Waals surface area contributed by atoms with Crippen molar-refractivity contribution in [3.8, 4) is 0 Å². The summed E-state index contributed by atoms with van der Waals surface area (Å²) in [7, 11) is 0. The number of ether oxygens (including phenoxy) is 1. The third-order valence-corrected chi connectivity index (χ3v) is 9.20. The van der Waals surface area contributed by atoms with Gasteiger partial charge in [-0.2, -0.15) is 0 Å². The van der Waals surface area contributed by atoms with Crippen molar-refractivity contribution in [3.05, 3.63) is 103 Å². The Morgan fingerprint density at radius 1 is 0.719 bits per heavy atom. The Morgan fingerprint density at radius 2 is 1.09 bits per heavy atom. The van der Waals surface area contributed by atoms with E-state index < -0.39 is 18.5 Å². The first-order valence-electron chi connectivity index (χ1n) is 10.6. The molecule has 0 aliphatic rings. The Hall–Kier alpha value is -3.16. The highest BCUT2D eigenvalue weighted by Crippen LogP contribution is 2.47. The van der Waals surface area contributed by atoms with E-state index in [-0.39, 0.29) is 11.1 Å². The standard InChI is InChI=1S/C28H29O3P/c1-5-15-25(29)26(27(30)31-28(2,3)4)32(22-16-9-6-10-17-22,23-18-11-7-12-19-23)24-20-13-8-14-21-24/h5-21H,1-4H3/b15-5+. The second-order valence-corrected chi connectivity index (χ2v) is 11.7. The number of hydrogen-bond donors (Lipinski definition) is 0. The highest BCUT2D eigenvalue weighted by Gasteiger charge is 2.38. The van der Waals surface area contributed by atoms with Crippen LogP contribution in [0.15, 0.2) is 103 Å². The van der Waals surface area contributed by atoms with Gasteiger partial charge in [0, 0.05) is 0 Å². The molecule has 0 aliphatic carbocycles. The van der Waals surface area contributed by atoms with E-state index in [1.54, 1.807) is 13.0 Å². The Morgan fingerprint density at radius 3 is 1.41 bits per heavy atom. The molecule has 0 bridgehead atoms. The number of carbonyl (C=O) groups is 2. The van der Waals surface area contributed by atoms with Crippen molar-refractivity contribution in [2.75, 3.05) is 0 Å². The highest BCUT2D eigenvalue weighted by atomic mass is 31.2. The first-order valence-corrected chi connectivity index (χ1v) is 12.4. The maximum atomic E-state index is 13.8. The van der Waals surface area contributed by atoms with E-state index in [0.717, 1.165) is 15.9 Å². The molecule has 0 aromatic heterocycles. The summed E-state index contributed by atoms with van der Waals surface area (Å²) in [5, 5.41) is 2.96. The lowest BCUT2D eigenvalue weighted by Crippen LogP contribution is -2.40. The number of benzene rings is 3. The SMILES string of the molecule is C/C=C/C(=O)C(C(=O)OC(C)(C)C)=P(c1ccccc1)(c1ccccc1)c1ccccc1. The normalized spacial score (nSPS) is 11.9. The van der Waals surface area contributed by atoms with Crippen LogP contribution in [0.1, 0.15) is 27.7 Å². The van der Waals surface area contributed by atoms with E-state index in [2.05, 4.69) is 0 Å². The van der Waals surface area contributed by atoms with Crippen molar-refractivity contribution in [1.82, 2.24) is 0 Å². The molecule has 164 valence electrons. The molecule has 32 heavy (non-hydrogen) atoms. The molecule has 0 radical (unpaired) electrons. The average molecular weight is 445 g/mol. The fraction of sp³-hybridized carbons (Fsp3) is 0.179. The molecular formula is C28H29O3P. The second kappa shape index (κ2) is 9.97. The lowest BCUT2D eigenvalue weighted by molar-refractivity contribution is -0.146. The van der Waals surface area contributed by atoms with Gasteiger partial charge in [0.15, 0.2) is 5.78 Å². The predicted molar refractivity (Wildman–Crippen MR) is 136 cm³/mol. The third kappa shape index (κ3) is 4.84. The zero-order valence-electron chi connectivity index (χ0n) is 19.0. The van der Waals surface area contributed by atoms with Crippen LogP contribution in [0.5, 0.6) is 0 Å². The molecule has 0 saturated heterocycles. The van der Waals surface area contributed by atoms with Gasteiger partial charge in [0.1, 0.15) is 10.9 Å². The van der Waals surface area contributed by atoms with Crippen LogP contribution in [0.3, 0.4) is 0 Å². The van der Waals surface area contributed by atoms with E-state index >= 15 is 0 Å². The molecule has 3 nitrogen and oxygen atoms in total. The highest BCUT2D eigenvalue weighted by molar-refractivity contribution is 7.97. The molecule has 3 aromatic carbocycles. The summed E-state index contributed by atoms with van der Waals surface area (Å²) >= 11 is 0. The van der Waals surface area contributed by atoms with E-state index in [4.69, 9.17) is 4.74 Å². The van der Waals surface area contributed by atoms with Crippen LogP contribution in [0.2, 0.25) is 0 Å². The Balaban J connectivity index is 2.62. The molecular weight excluding hydrogens is 415 g/mol. The van der Waals surface area contributed by atoms with Crippen LogP contribution in [0.25, 0.3) is 0 Å². The predicted octanol–water partition coefficient (Wildman–Crippen LogP) is 4.64. The van der Waals surface area contributed by atoms with Gasteiger partial charge in [0.05, 0.1) is 0 Å². The van der Waals surface area contributed by atoms with Crippen molar-refractivity contribution in [2.24, 2.45) is 0 Å². The van der Waals surface area contributed by atoms with E-state index in [0.29, 0.717) is 0 Å². The van der Waals surface area contributed by atoms with Gasteiger partial charge >= 0.3 is 5.97 Å². The number of ketones is 1. The molecule has 3 aromatic rings. The lowest BCUT2D eigenvalue weighted by atomic mass is 10.2. The summed E-state index contributed by atoms with van der Waals surface area (Å²) in [6.45, 7) is 4.37. The zero-order valence-corrected chi connectivity index (χ0v) is 19.9. The zero-order chi connectivity index (χ0) is 23.2. The topological polar surface area (TPSA) is 43.4 Å². The van der Waals surface area contributed by atoms with E-state index in [1.165, 1.54) is 6.08 Å². The molecule has 0 unspecified atom stereocenters. The molecule has 0 spiro atoms. The molecule has 0 amide bonds. The van der Waals surface area contributed by atoms with Gasteiger partial charge < -0.3 is 4.74 Å². The number of hydrogen-bond acceptors (Lipinski definition) is 3. The summed E-state index contributed by atoms with van der Waals surface area (Å²) in [5.41, 5.74) is -0.738. The van der Waals surface area contributed by atoms with Gasteiger partial charge in [-0.25, -0.2) is 4.79 Å². The molecule has 0 saturated carbocycles. The summed E-state index contributed by atoms with van der Waals surface area (Å²) in [4.78, 5) is 27.4. The minimum atomic E-state index is -2.85. The molecule has 3 rings (SSSR count). The second-order valence-electron chi connectivity index (χ2n) is 8.39. The monoisotopic (exact) mass is 444 g/mol. The minimum Gasteiger partial charge on any atom is -0.456 e. The largest absolute Gasteiger partial charge is 0.456 e. The summed E-state index contributed by atoms with van der Waals surface area (Å²) in [5.74, 6) is -0.905. The van der Waals surface area contributed by atoms with Gasteiger partial charge in [-0.15, -0.1) is 0 Å².